The molecule has 32 heavy (non-hydrogen) atoms. The molecule has 3 heterocycles. The summed E-state index contributed by atoms with van der Waals surface area (Å²) in [5.74, 6) is 0.590. The lowest BCUT2D eigenvalue weighted by Gasteiger charge is -2.39. The van der Waals surface area contributed by atoms with E-state index in [0.717, 1.165) is 42.3 Å². The molecular weight excluding hydrogens is 404 g/mol. The van der Waals surface area contributed by atoms with Gasteiger partial charge in [-0.2, -0.15) is 0 Å². The van der Waals surface area contributed by atoms with Crippen molar-refractivity contribution in [3.05, 3.63) is 29.5 Å². The maximum Gasteiger partial charge on any atom is 0.253 e. The first-order valence-electron chi connectivity index (χ1n) is 11.7. The lowest BCUT2D eigenvalue weighted by molar-refractivity contribution is -0.125. The molecule has 7 nitrogen and oxygen atoms in total. The molecule has 0 radical (unpaired) electrons. The fourth-order valence-corrected chi connectivity index (χ4v) is 5.61. The summed E-state index contributed by atoms with van der Waals surface area (Å²) in [7, 11) is 1.94. The number of aromatic hydroxyl groups is 1. The zero-order chi connectivity index (χ0) is 23.2. The number of carbonyl (C=O) groups excluding carboxylic acids is 2. The fourth-order valence-electron chi connectivity index (χ4n) is 5.61. The lowest BCUT2D eigenvalue weighted by Crippen LogP contribution is -2.52. The van der Waals surface area contributed by atoms with Crippen LogP contribution in [0.15, 0.2) is 18.2 Å². The van der Waals surface area contributed by atoms with Crippen LogP contribution in [0.1, 0.15) is 62.5 Å². The quantitative estimate of drug-likeness (QED) is 0.667. The summed E-state index contributed by atoms with van der Waals surface area (Å²) in [6.07, 6.45) is 4.27. The van der Waals surface area contributed by atoms with E-state index in [4.69, 9.17) is 0 Å². The number of aryl methyl sites for hydroxylation is 1. The minimum Gasteiger partial charge on any atom is -0.508 e. The number of hydrogen-bond donors (Lipinski definition) is 3. The number of carbonyl (C=O) groups is 2. The normalized spacial score (nSPS) is 23.5. The highest BCUT2D eigenvalue weighted by Crippen LogP contribution is 2.38. The van der Waals surface area contributed by atoms with Crippen molar-refractivity contribution in [1.29, 1.82) is 0 Å². The number of piperidine rings is 1. The predicted octanol–water partition coefficient (Wildman–Crippen LogP) is 3.08. The van der Waals surface area contributed by atoms with Crippen molar-refractivity contribution in [2.45, 2.75) is 71.0 Å². The second-order valence-corrected chi connectivity index (χ2v) is 10.6. The van der Waals surface area contributed by atoms with Crippen LogP contribution in [0.2, 0.25) is 0 Å². The average molecular weight is 441 g/mol. The van der Waals surface area contributed by atoms with Gasteiger partial charge in [-0.25, -0.2) is 0 Å². The number of fused-ring (bicyclic) bond motifs is 3. The molecule has 3 atom stereocenters. The summed E-state index contributed by atoms with van der Waals surface area (Å²) in [5, 5.41) is 16.9. The summed E-state index contributed by atoms with van der Waals surface area (Å²) < 4.78 is 1.99. The van der Waals surface area contributed by atoms with Crippen LogP contribution in [-0.2, 0) is 11.8 Å². The average Bonchev–Trinajstić information content (AvgIpc) is 3.06. The molecular formula is C25H36N4O3. The number of phenols is 1. The Balaban J connectivity index is 1.38. The first-order valence-corrected chi connectivity index (χ1v) is 11.7. The van der Waals surface area contributed by atoms with Crippen LogP contribution < -0.4 is 10.6 Å². The first-order chi connectivity index (χ1) is 15.0. The van der Waals surface area contributed by atoms with Crippen LogP contribution in [0.5, 0.6) is 5.75 Å². The van der Waals surface area contributed by atoms with Crippen LogP contribution in [0.25, 0.3) is 10.9 Å². The smallest absolute Gasteiger partial charge is 0.253 e. The maximum absolute atomic E-state index is 13.1. The monoisotopic (exact) mass is 440 g/mol. The van der Waals surface area contributed by atoms with E-state index in [-0.39, 0.29) is 23.1 Å². The molecule has 174 valence electrons. The van der Waals surface area contributed by atoms with Gasteiger partial charge in [0, 0.05) is 47.8 Å². The van der Waals surface area contributed by atoms with Crippen molar-refractivity contribution >= 4 is 22.7 Å². The Bertz CT molecular complexity index is 1020. The van der Waals surface area contributed by atoms with Crippen LogP contribution >= 0.6 is 0 Å². The van der Waals surface area contributed by atoms with E-state index in [1.165, 1.54) is 0 Å². The van der Waals surface area contributed by atoms with Crippen molar-refractivity contribution < 1.29 is 14.7 Å². The molecule has 0 spiro atoms. The summed E-state index contributed by atoms with van der Waals surface area (Å²) >= 11 is 0. The third kappa shape index (κ3) is 4.49. The number of rotatable bonds is 5. The Morgan fingerprint density at radius 2 is 1.81 bits per heavy atom. The van der Waals surface area contributed by atoms with E-state index >= 15 is 0 Å². The van der Waals surface area contributed by atoms with Gasteiger partial charge in [0.1, 0.15) is 5.75 Å². The van der Waals surface area contributed by atoms with Gasteiger partial charge < -0.3 is 20.3 Å². The zero-order valence-electron chi connectivity index (χ0n) is 19.9. The third-order valence-electron chi connectivity index (χ3n) is 7.08. The molecule has 0 aliphatic carbocycles. The standard InChI is InChI=1S/C25H36N4O3/c1-15-23(20-12-19(30)8-9-21(20)28(15)5)24(32)26-13-16-10-17-6-7-18(11-16)29(17)14-22(31)27-25(2,3)4/h8-9,12,16-18,30H,6-7,10-11,13-14H2,1-5H3,(H,26,32)(H,27,31)/t16-,17-,18+. The number of nitrogens with one attached hydrogen (secondary N) is 2. The Morgan fingerprint density at radius 1 is 1.16 bits per heavy atom. The molecule has 2 aliphatic rings. The number of benzene rings is 1. The number of phenolic OH excluding ortho intramolecular Hbond substituents is 1. The van der Waals surface area contributed by atoms with Crippen molar-refractivity contribution in [2.75, 3.05) is 13.1 Å². The minimum atomic E-state index is -0.213. The van der Waals surface area contributed by atoms with Gasteiger partial charge in [-0.05, 0) is 77.5 Å². The van der Waals surface area contributed by atoms with Crippen molar-refractivity contribution in [3.63, 3.8) is 0 Å². The van der Waals surface area contributed by atoms with Gasteiger partial charge in [-0.15, -0.1) is 0 Å². The molecule has 1 aromatic heterocycles. The number of aromatic nitrogens is 1. The first kappa shape index (κ1) is 22.6. The second kappa shape index (κ2) is 8.43. The highest BCUT2D eigenvalue weighted by atomic mass is 16.3. The molecule has 2 aliphatic heterocycles. The minimum absolute atomic E-state index is 0.0852. The molecule has 0 saturated carbocycles. The van der Waals surface area contributed by atoms with E-state index in [0.29, 0.717) is 36.7 Å². The zero-order valence-corrected chi connectivity index (χ0v) is 19.9. The number of amides is 2. The summed E-state index contributed by atoms with van der Waals surface area (Å²) in [6.45, 7) is 9.06. The van der Waals surface area contributed by atoms with Gasteiger partial charge >= 0.3 is 0 Å². The fraction of sp³-hybridized carbons (Fsp3) is 0.600. The lowest BCUT2D eigenvalue weighted by atomic mass is 9.90. The summed E-state index contributed by atoms with van der Waals surface area (Å²) in [6, 6.07) is 5.99. The molecule has 3 N–H and O–H groups in total. The maximum atomic E-state index is 13.1. The van der Waals surface area contributed by atoms with Gasteiger partial charge in [0.15, 0.2) is 0 Å². The van der Waals surface area contributed by atoms with E-state index in [1.54, 1.807) is 12.1 Å². The Labute approximate surface area is 190 Å². The Kier molecular flexibility index (Phi) is 5.96. The SMILES string of the molecule is Cc1c(C(=O)NC[C@@H]2C[C@H]3CC[C@@H](C2)N3CC(=O)NC(C)(C)C)c2cc(O)ccc2n1C. The van der Waals surface area contributed by atoms with E-state index in [1.807, 2.05) is 45.4 Å². The topological polar surface area (TPSA) is 86.6 Å². The molecule has 2 saturated heterocycles. The van der Waals surface area contributed by atoms with Crippen molar-refractivity contribution in [2.24, 2.45) is 13.0 Å². The second-order valence-electron chi connectivity index (χ2n) is 10.6. The van der Waals surface area contributed by atoms with E-state index in [2.05, 4.69) is 15.5 Å². The van der Waals surface area contributed by atoms with Crippen molar-refractivity contribution in [1.82, 2.24) is 20.1 Å². The van der Waals surface area contributed by atoms with Gasteiger partial charge in [0.2, 0.25) is 5.91 Å². The van der Waals surface area contributed by atoms with E-state index in [9.17, 15) is 14.7 Å². The molecule has 2 aromatic rings. The molecule has 2 amide bonds. The number of nitrogens with zero attached hydrogens (tertiary/aromatic N) is 2. The summed E-state index contributed by atoms with van der Waals surface area (Å²) in [4.78, 5) is 27.9. The molecule has 0 unspecified atom stereocenters. The molecule has 4 rings (SSSR count). The largest absolute Gasteiger partial charge is 0.508 e. The van der Waals surface area contributed by atoms with Crippen LogP contribution in [0, 0.1) is 12.8 Å². The number of hydrogen-bond acceptors (Lipinski definition) is 4. The van der Waals surface area contributed by atoms with E-state index < -0.39 is 0 Å². The molecule has 1 aromatic carbocycles. The highest BCUT2D eigenvalue weighted by molar-refractivity contribution is 6.08. The van der Waals surface area contributed by atoms with Crippen LogP contribution in [-0.4, -0.2) is 57.1 Å². The van der Waals surface area contributed by atoms with Gasteiger partial charge in [0.25, 0.3) is 5.91 Å². The third-order valence-corrected chi connectivity index (χ3v) is 7.08. The Hall–Kier alpha value is -2.54. The van der Waals surface area contributed by atoms with Crippen LogP contribution in [0.3, 0.4) is 0 Å². The Morgan fingerprint density at radius 3 is 2.44 bits per heavy atom. The summed E-state index contributed by atoms with van der Waals surface area (Å²) in [5.41, 5.74) is 2.25. The molecule has 7 heteroatoms. The van der Waals surface area contributed by atoms with Crippen molar-refractivity contribution in [3.8, 4) is 5.75 Å². The van der Waals surface area contributed by atoms with Gasteiger partial charge in [-0.3, -0.25) is 14.5 Å². The highest BCUT2D eigenvalue weighted by Gasteiger charge is 2.41. The van der Waals surface area contributed by atoms with Gasteiger partial charge in [0.05, 0.1) is 12.1 Å². The predicted molar refractivity (Wildman–Crippen MR) is 126 cm³/mol. The van der Waals surface area contributed by atoms with Crippen LogP contribution in [0.4, 0.5) is 0 Å². The molecule has 2 bridgehead atoms. The molecule has 2 fully saturated rings. The van der Waals surface area contributed by atoms with Gasteiger partial charge in [-0.1, -0.05) is 0 Å².